The first-order valence-electron chi connectivity index (χ1n) is 40.6. The van der Waals surface area contributed by atoms with Crippen molar-refractivity contribution in [1.82, 2.24) is 0 Å². The van der Waals surface area contributed by atoms with Crippen LogP contribution in [0.5, 0.6) is 0 Å². The second-order valence-corrected chi connectivity index (χ2v) is 36.9. The first kappa shape index (κ1) is 184. The van der Waals surface area contributed by atoms with Crippen LogP contribution in [0.3, 0.4) is 0 Å². The fraction of sp³-hybridized carbons (Fsp3) is 0.750. The molecule has 744 valence electrons. The van der Waals surface area contributed by atoms with E-state index in [0.29, 0.717) is 60.4 Å². The van der Waals surface area contributed by atoms with E-state index in [2.05, 4.69) is 376 Å². The molecule has 0 rings (SSSR count). The van der Waals surface area contributed by atoms with Gasteiger partial charge in [-0.3, -0.25) is 0 Å². The molecule has 24 heteroatoms. The summed E-state index contributed by atoms with van der Waals surface area (Å²) in [6.45, 7) is 122. The number of hydrogen-bond acceptors (Lipinski definition) is 6. The predicted octanol–water partition coefficient (Wildman–Crippen LogP) is 37.3. The van der Waals surface area contributed by atoms with E-state index in [0.717, 1.165) is 25.7 Å². The Morgan fingerprint density at radius 2 is 0.283 bits per heavy atom. The summed E-state index contributed by atoms with van der Waals surface area (Å²) in [5.74, 6) is 0. The quantitative estimate of drug-likeness (QED) is 0.0610. The SMILES string of the molecule is CC(C)(C)[N-]C=C[N-]C(C)(C)C.CC(C)(C)[N-]C=C[N-]C(C)(C)C.CC(C)[N-]C=C[N-]C(C)C.CC(C)[N-]C=C[N-]C(C)C.CC(C)[N]=[W].CC(C)[N]=[W].CC(C)[N]=[W].CC(C)[N]=[W].CC(C)[N]=[W].CC(C)[N]=[W].CCC(C)(C)[N-]C=C[N-]C(C)(C)CC.CCC(C)(C)[N-]C=C[N-]C(C)(C)CC.[CH2-]C.[CH2-]C.[CH2-]C.[CH2-]C.[CH2-]C.[CH2-]C.[CH3-].[CH3-].[CH3-].[CH3-].[CH3-].[CH3-]. The summed E-state index contributed by atoms with van der Waals surface area (Å²) in [4.78, 5) is 0. The summed E-state index contributed by atoms with van der Waals surface area (Å²) < 4.78 is 23.8. The van der Waals surface area contributed by atoms with Gasteiger partial charge in [0.2, 0.25) is 0 Å². The molecule has 0 aromatic heterocycles. The van der Waals surface area contributed by atoms with E-state index in [1.807, 2.05) is 80.2 Å². The van der Waals surface area contributed by atoms with Crippen LogP contribution in [-0.2, 0) is 118 Å². The molecule has 0 aliphatic rings. The molecule has 0 aliphatic heterocycles. The van der Waals surface area contributed by atoms with Crippen LogP contribution >= 0.6 is 0 Å². The normalized spacial score (nSPS) is 10.2. The van der Waals surface area contributed by atoms with Crippen LogP contribution in [0.25, 0.3) is 63.8 Å². The van der Waals surface area contributed by atoms with E-state index in [1.54, 1.807) is 91.1 Å². The molecule has 0 fully saturated rings. The molecule has 0 saturated heterocycles. The van der Waals surface area contributed by atoms with Crippen molar-refractivity contribution in [2.45, 2.75) is 477 Å². The van der Waals surface area contributed by atoms with Gasteiger partial charge in [-0.05, 0) is 0 Å². The van der Waals surface area contributed by atoms with Gasteiger partial charge in [0.1, 0.15) is 0 Å². The molecule has 18 nitrogen and oxygen atoms in total. The first-order valence-corrected chi connectivity index (χ1v) is 48.5. The zero-order valence-corrected chi connectivity index (χ0v) is 108. The van der Waals surface area contributed by atoms with Crippen LogP contribution in [0.4, 0.5) is 0 Å². The molecule has 0 spiro atoms. The molecule has 120 heavy (non-hydrogen) atoms. The molecular weight excluding hydrogens is 2510 g/mol. The van der Waals surface area contributed by atoms with Crippen molar-refractivity contribution in [2.75, 3.05) is 0 Å². The first-order chi connectivity index (χ1) is 51.9. The van der Waals surface area contributed by atoms with Crippen molar-refractivity contribution in [3.05, 3.63) is 224 Å². The van der Waals surface area contributed by atoms with Gasteiger partial charge in [-0.15, -0.1) is 68.5 Å². The number of rotatable bonds is 30. The Kier molecular flexibility index (Phi) is 201. The topological polar surface area (TPSA) is 243 Å². The molecule has 0 radical (unpaired) electrons. The third kappa shape index (κ3) is 295. The Morgan fingerprint density at radius 1 is 0.200 bits per heavy atom. The van der Waals surface area contributed by atoms with Crippen molar-refractivity contribution in [2.24, 2.45) is 21.0 Å². The minimum absolute atomic E-state index is 0. The molecule has 0 atom stereocenters. The van der Waals surface area contributed by atoms with Gasteiger partial charge in [0, 0.05) is 0 Å². The van der Waals surface area contributed by atoms with Crippen molar-refractivity contribution >= 4 is 0 Å². The summed E-state index contributed by atoms with van der Waals surface area (Å²) in [6, 6.07) is 4.77. The largest absolute Gasteiger partial charge is 0.687 e. The predicted molar refractivity (Wildman–Crippen MR) is 542 cm³/mol. The van der Waals surface area contributed by atoms with Crippen molar-refractivity contribution in [3.8, 4) is 0 Å². The summed E-state index contributed by atoms with van der Waals surface area (Å²) in [5, 5.41) is 51.4. The zero-order valence-electron chi connectivity index (χ0n) is 90.3. The Hall–Kier alpha value is -1.03. The van der Waals surface area contributed by atoms with E-state index in [9.17, 15) is 0 Å². The smallest absolute Gasteiger partial charge is 0.0663 e. The van der Waals surface area contributed by atoms with Crippen molar-refractivity contribution in [3.63, 3.8) is 0 Å². The van der Waals surface area contributed by atoms with Gasteiger partial charge in [0.15, 0.2) is 0 Å². The molecular formula is C96H210N18W6-24. The second kappa shape index (κ2) is 131. The van der Waals surface area contributed by atoms with Crippen LogP contribution in [0, 0.1) is 86.1 Å². The molecule has 0 aliphatic carbocycles. The molecule has 0 N–H and O–H groups in total. The fourth-order valence-corrected chi connectivity index (χ4v) is 3.18. The molecule has 0 aromatic rings. The third-order valence-electron chi connectivity index (χ3n) is 10.2. The van der Waals surface area contributed by atoms with Gasteiger partial charge >= 0.3 is 258 Å². The maximum absolute atomic E-state index is 4.44. The summed E-state index contributed by atoms with van der Waals surface area (Å²) >= 11 is 7.97. The standard InChI is InChI=1S/2C12H24N2.2C10H20N2.2C8H16N2.6C3H7N.6C2H5.6CH3.6W/c2*1-7-11(3,4)13-9-10-14-12(5,6)8-2;2*1-9(2,3)11-7-8-12-10(4,5)6;2*1-7(2)9-5-6-10-8(3)4;6*1-3(2)4;6*1-2;;;;;;;;;;;;/h2*9-10H,7-8H2,1-6H3;2*7-8H,1-6H3;2*5-8H,1-4H3;6*3H,1-2H3;6*1H2,2H3;6*1H3;;;;;;/q6*-2;;;;;;;12*-1;;;;;;. The van der Waals surface area contributed by atoms with Gasteiger partial charge in [0.25, 0.3) is 0 Å². The van der Waals surface area contributed by atoms with Crippen LogP contribution in [0.2, 0.25) is 0 Å². The third-order valence-corrected chi connectivity index (χ3v) is 19.3. The molecule has 0 amide bonds. The fourth-order valence-electron chi connectivity index (χ4n) is 3.18. The van der Waals surface area contributed by atoms with E-state index < -0.39 is 0 Å². The Labute approximate surface area is 831 Å². The Morgan fingerprint density at radius 3 is 0.342 bits per heavy atom. The van der Waals surface area contributed by atoms with E-state index in [-0.39, 0.29) is 88.9 Å². The van der Waals surface area contributed by atoms with Gasteiger partial charge in [-0.2, -0.15) is 41.5 Å². The van der Waals surface area contributed by atoms with Gasteiger partial charge < -0.3 is 150 Å². The van der Waals surface area contributed by atoms with Gasteiger partial charge in [-0.25, -0.2) is 74.4 Å². The monoisotopic (exact) mass is 2720 g/mol. The number of hydrogen-bond donors (Lipinski definition) is 0. The summed E-state index contributed by atoms with van der Waals surface area (Å²) in [7, 11) is 0. The maximum Gasteiger partial charge on any atom is -0.0663 e. The molecule has 0 saturated carbocycles. The number of nitrogens with zero attached hydrogens (tertiary/aromatic N) is 18. The molecule has 0 heterocycles. The Balaban J connectivity index is -0.0000000381. The summed E-state index contributed by atoms with van der Waals surface area (Å²) in [5.41, 5.74) is 0.192. The molecule has 0 unspecified atom stereocenters. The average Bonchev–Trinajstić information content (AvgIpc) is 0.935. The average molecular weight is 2720 g/mol. The zero-order chi connectivity index (χ0) is 95.8. The van der Waals surface area contributed by atoms with Gasteiger partial charge in [0.05, 0.1) is 0 Å². The van der Waals surface area contributed by atoms with Gasteiger partial charge in [-0.1, -0.05) is 247 Å². The minimum Gasteiger partial charge on any atom is -0.687 e. The Bertz CT molecular complexity index is 1730. The van der Waals surface area contributed by atoms with E-state index in [1.165, 1.54) is 118 Å². The van der Waals surface area contributed by atoms with E-state index >= 15 is 0 Å². The van der Waals surface area contributed by atoms with Crippen LogP contribution in [-0.4, -0.2) is 105 Å². The van der Waals surface area contributed by atoms with Crippen LogP contribution < -0.4 is 0 Å². The molecule has 0 bridgehead atoms. The van der Waals surface area contributed by atoms with Crippen molar-refractivity contribution < 1.29 is 118 Å². The maximum atomic E-state index is 4.44. The molecule has 0 aromatic carbocycles. The second-order valence-electron chi connectivity index (χ2n) is 32.3. The summed E-state index contributed by atoms with van der Waals surface area (Å²) in [6.07, 6.45) is 25.6. The van der Waals surface area contributed by atoms with E-state index in [4.69, 9.17) is 0 Å². The van der Waals surface area contributed by atoms with Crippen molar-refractivity contribution in [1.29, 1.82) is 0 Å². The minimum atomic E-state index is 0. The van der Waals surface area contributed by atoms with Crippen LogP contribution in [0.15, 0.2) is 95.4 Å². The van der Waals surface area contributed by atoms with Crippen LogP contribution in [0.1, 0.15) is 372 Å².